The van der Waals surface area contributed by atoms with Crippen LogP contribution in [0.25, 0.3) is 0 Å². The minimum absolute atomic E-state index is 0.104. The molecule has 1 aromatic rings. The van der Waals surface area contributed by atoms with Crippen LogP contribution in [0.1, 0.15) is 19.5 Å². The average molecular weight is 154 g/mol. The van der Waals surface area contributed by atoms with Gasteiger partial charge < -0.3 is 0 Å². The van der Waals surface area contributed by atoms with E-state index in [0.717, 1.165) is 18.8 Å². The molecule has 0 saturated carbocycles. The van der Waals surface area contributed by atoms with E-state index in [9.17, 15) is 4.79 Å². The van der Waals surface area contributed by atoms with Crippen molar-refractivity contribution in [2.75, 3.05) is 0 Å². The Kier molecular flexibility index (Phi) is 2.17. The van der Waals surface area contributed by atoms with Gasteiger partial charge in [0.1, 0.15) is 0 Å². The molecule has 0 unspecified atom stereocenters. The molecule has 0 atom stereocenters. The molecule has 0 N–H and O–H groups in total. The normalized spacial score (nSPS) is 10.5. The topological polar surface area (TPSA) is 26.9 Å². The fourth-order valence-corrected chi connectivity index (χ4v) is 1.27. The third-order valence-corrected chi connectivity index (χ3v) is 1.90. The third-order valence-electron chi connectivity index (χ3n) is 1.90. The molecule has 0 saturated heterocycles. The monoisotopic (exact) mass is 154 g/mol. The van der Waals surface area contributed by atoms with E-state index in [0.29, 0.717) is 0 Å². The van der Waals surface area contributed by atoms with Crippen molar-refractivity contribution in [1.82, 2.24) is 9.13 Å². The molecular formula is C8H14N2O. The Morgan fingerprint density at radius 3 is 2.27 bits per heavy atom. The Morgan fingerprint density at radius 2 is 2.00 bits per heavy atom. The second-order valence-corrected chi connectivity index (χ2v) is 2.58. The second-order valence-electron chi connectivity index (χ2n) is 2.58. The molecule has 0 bridgehead atoms. The molecule has 0 aliphatic carbocycles. The summed E-state index contributed by atoms with van der Waals surface area (Å²) in [7, 11) is 0. The van der Waals surface area contributed by atoms with Gasteiger partial charge in [-0.15, -0.1) is 0 Å². The van der Waals surface area contributed by atoms with Crippen molar-refractivity contribution in [1.29, 1.82) is 0 Å². The van der Waals surface area contributed by atoms with Crippen molar-refractivity contribution in [2.24, 2.45) is 0 Å². The zero-order valence-electron chi connectivity index (χ0n) is 7.29. The first-order valence-corrected chi connectivity index (χ1v) is 3.97. The molecule has 1 rings (SSSR count). The number of nitrogens with zero attached hydrogens (tertiary/aromatic N) is 2. The predicted octanol–water partition coefficient (Wildman–Crippen LogP) is 0.998. The van der Waals surface area contributed by atoms with Crippen LogP contribution in [0, 0.1) is 6.92 Å². The summed E-state index contributed by atoms with van der Waals surface area (Å²) >= 11 is 0. The molecule has 0 amide bonds. The van der Waals surface area contributed by atoms with Gasteiger partial charge in [-0.2, -0.15) is 0 Å². The van der Waals surface area contributed by atoms with Crippen molar-refractivity contribution in [3.8, 4) is 0 Å². The Balaban J connectivity index is 3.25. The molecule has 62 valence electrons. The van der Waals surface area contributed by atoms with Crippen LogP contribution in [-0.4, -0.2) is 9.13 Å². The van der Waals surface area contributed by atoms with E-state index in [2.05, 4.69) is 0 Å². The average Bonchev–Trinajstić information content (AvgIpc) is 2.26. The maximum absolute atomic E-state index is 11.4. The molecule has 11 heavy (non-hydrogen) atoms. The van der Waals surface area contributed by atoms with E-state index < -0.39 is 0 Å². The summed E-state index contributed by atoms with van der Waals surface area (Å²) in [6, 6.07) is 0. The van der Waals surface area contributed by atoms with Crippen LogP contribution in [0.4, 0.5) is 0 Å². The molecule has 1 aromatic heterocycles. The van der Waals surface area contributed by atoms with E-state index >= 15 is 0 Å². The molecule has 0 fully saturated rings. The zero-order chi connectivity index (χ0) is 8.43. The number of hydrogen-bond acceptors (Lipinski definition) is 1. The van der Waals surface area contributed by atoms with Crippen LogP contribution >= 0.6 is 0 Å². The van der Waals surface area contributed by atoms with E-state index in [-0.39, 0.29) is 5.69 Å². The smallest absolute Gasteiger partial charge is 0.299 e. The summed E-state index contributed by atoms with van der Waals surface area (Å²) in [5.74, 6) is 0. The van der Waals surface area contributed by atoms with Crippen molar-refractivity contribution < 1.29 is 0 Å². The van der Waals surface area contributed by atoms with E-state index in [1.54, 1.807) is 9.13 Å². The Labute approximate surface area is 66.3 Å². The van der Waals surface area contributed by atoms with E-state index in [4.69, 9.17) is 0 Å². The summed E-state index contributed by atoms with van der Waals surface area (Å²) in [4.78, 5) is 11.4. The van der Waals surface area contributed by atoms with Gasteiger partial charge in [0.2, 0.25) is 0 Å². The Hall–Kier alpha value is -0.990. The van der Waals surface area contributed by atoms with Crippen molar-refractivity contribution in [3.63, 3.8) is 0 Å². The van der Waals surface area contributed by atoms with Crippen LogP contribution in [0.15, 0.2) is 11.0 Å². The first-order chi connectivity index (χ1) is 5.20. The fourth-order valence-electron chi connectivity index (χ4n) is 1.27. The van der Waals surface area contributed by atoms with Gasteiger partial charge in [0, 0.05) is 25.0 Å². The quantitative estimate of drug-likeness (QED) is 0.624. The van der Waals surface area contributed by atoms with Crippen molar-refractivity contribution >= 4 is 0 Å². The van der Waals surface area contributed by atoms with Crippen LogP contribution < -0.4 is 5.69 Å². The zero-order valence-corrected chi connectivity index (χ0v) is 7.29. The summed E-state index contributed by atoms with van der Waals surface area (Å²) in [6.45, 7) is 7.43. The largest absolute Gasteiger partial charge is 0.328 e. The number of aromatic nitrogens is 2. The van der Waals surface area contributed by atoms with Crippen molar-refractivity contribution in [2.45, 2.75) is 33.9 Å². The van der Waals surface area contributed by atoms with Gasteiger partial charge in [-0.05, 0) is 20.8 Å². The highest BCUT2D eigenvalue weighted by Crippen LogP contribution is 1.94. The molecule has 0 aliphatic rings. The van der Waals surface area contributed by atoms with Gasteiger partial charge in [-0.1, -0.05) is 0 Å². The van der Waals surface area contributed by atoms with Gasteiger partial charge in [0.05, 0.1) is 0 Å². The lowest BCUT2D eigenvalue weighted by molar-refractivity contribution is 0.648. The minimum Gasteiger partial charge on any atom is -0.299 e. The summed E-state index contributed by atoms with van der Waals surface area (Å²) < 4.78 is 3.49. The van der Waals surface area contributed by atoms with Crippen LogP contribution in [0.5, 0.6) is 0 Å². The summed E-state index contributed by atoms with van der Waals surface area (Å²) in [5, 5.41) is 0. The molecule has 0 spiro atoms. The lowest BCUT2D eigenvalue weighted by Gasteiger charge is -1.95. The number of aryl methyl sites for hydroxylation is 2. The lowest BCUT2D eigenvalue weighted by Crippen LogP contribution is -2.23. The molecule has 1 heterocycles. The highest BCUT2D eigenvalue weighted by Gasteiger charge is 2.02. The lowest BCUT2D eigenvalue weighted by atomic mass is 10.5. The Bertz CT molecular complexity index is 296. The standard InChI is InChI=1S/C8H14N2O/c1-4-9-6-7(3)10(5-2)8(9)11/h6H,4-5H2,1-3H3. The van der Waals surface area contributed by atoms with Crippen molar-refractivity contribution in [3.05, 3.63) is 22.4 Å². The number of imidazole rings is 1. The van der Waals surface area contributed by atoms with Gasteiger partial charge >= 0.3 is 5.69 Å². The van der Waals surface area contributed by atoms with Crippen LogP contribution in [-0.2, 0) is 13.1 Å². The van der Waals surface area contributed by atoms with Gasteiger partial charge in [0.25, 0.3) is 0 Å². The highest BCUT2D eigenvalue weighted by atomic mass is 16.1. The van der Waals surface area contributed by atoms with Crippen LogP contribution in [0.2, 0.25) is 0 Å². The predicted molar refractivity (Wildman–Crippen MR) is 44.8 cm³/mol. The first kappa shape index (κ1) is 8.11. The fraction of sp³-hybridized carbons (Fsp3) is 0.625. The number of rotatable bonds is 2. The molecule has 0 aromatic carbocycles. The number of hydrogen-bond donors (Lipinski definition) is 0. The first-order valence-electron chi connectivity index (χ1n) is 3.97. The summed E-state index contributed by atoms with van der Waals surface area (Å²) in [5.41, 5.74) is 1.15. The molecule has 3 nitrogen and oxygen atoms in total. The maximum atomic E-state index is 11.4. The van der Waals surface area contributed by atoms with Gasteiger partial charge in [0.15, 0.2) is 0 Å². The molecule has 3 heteroatoms. The Morgan fingerprint density at radius 1 is 1.36 bits per heavy atom. The van der Waals surface area contributed by atoms with Crippen LogP contribution in [0.3, 0.4) is 0 Å². The molecule has 0 aliphatic heterocycles. The highest BCUT2D eigenvalue weighted by molar-refractivity contribution is 4.96. The summed E-state index contributed by atoms with van der Waals surface area (Å²) in [6.07, 6.45) is 1.89. The van der Waals surface area contributed by atoms with E-state index in [1.807, 2.05) is 27.0 Å². The second kappa shape index (κ2) is 2.95. The van der Waals surface area contributed by atoms with Gasteiger partial charge in [-0.3, -0.25) is 9.13 Å². The molecular weight excluding hydrogens is 140 g/mol. The third kappa shape index (κ3) is 1.23. The SMILES string of the molecule is CCn1cc(C)n(CC)c1=O. The van der Waals surface area contributed by atoms with E-state index in [1.165, 1.54) is 0 Å². The maximum Gasteiger partial charge on any atom is 0.328 e. The molecule has 0 radical (unpaired) electrons. The van der Waals surface area contributed by atoms with Gasteiger partial charge in [-0.25, -0.2) is 4.79 Å². The minimum atomic E-state index is 0.104.